The van der Waals surface area contributed by atoms with E-state index in [1.807, 2.05) is 6.07 Å². The number of azo groups is 1. The zero-order chi connectivity index (χ0) is 18.1. The van der Waals surface area contributed by atoms with Crippen LogP contribution in [0.4, 0.5) is 20.2 Å². The summed E-state index contributed by atoms with van der Waals surface area (Å²) < 4.78 is 33.2. The molecule has 2 aromatic rings. The molecule has 0 radical (unpaired) electrons. The highest BCUT2D eigenvalue weighted by Crippen LogP contribution is 2.28. The van der Waals surface area contributed by atoms with E-state index in [1.165, 1.54) is 0 Å². The van der Waals surface area contributed by atoms with Crippen LogP contribution in [0.3, 0.4) is 0 Å². The molecular formula is C19H19F2N3O. The van der Waals surface area contributed by atoms with Crippen LogP contribution in [0.1, 0.15) is 38.2 Å². The molecule has 0 amide bonds. The highest BCUT2D eigenvalue weighted by molar-refractivity contribution is 5.45. The molecule has 6 heteroatoms. The van der Waals surface area contributed by atoms with Gasteiger partial charge in [-0.25, -0.2) is 8.78 Å². The maximum absolute atomic E-state index is 14.0. The lowest BCUT2D eigenvalue weighted by Gasteiger charge is -2.08. The average molecular weight is 343 g/mol. The number of nitrogens with zero attached hydrogens (tertiary/aromatic N) is 3. The van der Waals surface area contributed by atoms with Crippen LogP contribution in [-0.4, -0.2) is 6.61 Å². The first-order chi connectivity index (χ1) is 12.1. The van der Waals surface area contributed by atoms with E-state index in [0.717, 1.165) is 37.8 Å². The number of hydrogen-bond donors (Lipinski definition) is 0. The van der Waals surface area contributed by atoms with E-state index in [2.05, 4.69) is 17.2 Å². The number of ether oxygens (including phenoxy) is 1. The van der Waals surface area contributed by atoms with Gasteiger partial charge in [0.2, 0.25) is 0 Å². The highest BCUT2D eigenvalue weighted by atomic mass is 19.1. The van der Waals surface area contributed by atoms with Crippen molar-refractivity contribution in [2.75, 3.05) is 6.61 Å². The summed E-state index contributed by atoms with van der Waals surface area (Å²) in [5.74, 6) is -1.98. The third-order valence-corrected chi connectivity index (χ3v) is 3.50. The number of hydrogen-bond acceptors (Lipinski definition) is 4. The molecule has 0 unspecified atom stereocenters. The minimum Gasteiger partial charge on any atom is -0.488 e. The van der Waals surface area contributed by atoms with Gasteiger partial charge < -0.3 is 4.74 Å². The molecule has 0 aliphatic rings. The van der Waals surface area contributed by atoms with Crippen molar-refractivity contribution in [3.63, 3.8) is 0 Å². The summed E-state index contributed by atoms with van der Waals surface area (Å²) >= 11 is 0. The molecule has 0 spiro atoms. The lowest BCUT2D eigenvalue weighted by atomic mass is 10.2. The molecule has 2 aromatic carbocycles. The Hall–Kier alpha value is -2.81. The molecule has 25 heavy (non-hydrogen) atoms. The molecule has 0 bridgehead atoms. The molecule has 0 saturated carbocycles. The van der Waals surface area contributed by atoms with Gasteiger partial charge in [0.1, 0.15) is 0 Å². The van der Waals surface area contributed by atoms with Gasteiger partial charge in [-0.15, -0.1) is 0 Å². The summed E-state index contributed by atoms with van der Waals surface area (Å²) in [5.41, 5.74) is 1.03. The molecule has 130 valence electrons. The van der Waals surface area contributed by atoms with Crippen molar-refractivity contribution in [1.82, 2.24) is 0 Å². The van der Waals surface area contributed by atoms with Crippen molar-refractivity contribution in [3.05, 3.63) is 53.6 Å². The number of benzene rings is 2. The van der Waals surface area contributed by atoms with Crippen molar-refractivity contribution < 1.29 is 13.5 Å². The summed E-state index contributed by atoms with van der Waals surface area (Å²) in [6.07, 6.45) is 3.88. The fourth-order valence-electron chi connectivity index (χ4n) is 2.16. The first-order valence-corrected chi connectivity index (χ1v) is 8.17. The van der Waals surface area contributed by atoms with Gasteiger partial charge in [-0.05, 0) is 30.7 Å². The Morgan fingerprint density at radius 2 is 1.60 bits per heavy atom. The van der Waals surface area contributed by atoms with E-state index >= 15 is 0 Å². The Labute approximate surface area is 145 Å². The second-order valence-corrected chi connectivity index (χ2v) is 5.51. The van der Waals surface area contributed by atoms with Gasteiger partial charge in [0.05, 0.1) is 29.6 Å². The van der Waals surface area contributed by atoms with Crippen LogP contribution in [0.25, 0.3) is 0 Å². The molecule has 0 saturated heterocycles. The molecule has 0 aliphatic carbocycles. The molecular weight excluding hydrogens is 324 g/mol. The molecule has 2 rings (SSSR count). The molecule has 0 N–H and O–H groups in total. The van der Waals surface area contributed by atoms with Gasteiger partial charge in [0.15, 0.2) is 17.4 Å². The second-order valence-electron chi connectivity index (χ2n) is 5.51. The standard InChI is InChI=1S/C19H19F2N3O/c1-2-3-4-5-10-25-19-17(20)11-16(12-18(19)21)24-23-15-8-6-14(13-22)7-9-15/h6-9,11-12H,2-5,10H2,1H3. The van der Waals surface area contributed by atoms with Crippen molar-refractivity contribution in [2.24, 2.45) is 10.2 Å². The van der Waals surface area contributed by atoms with Crippen molar-refractivity contribution in [2.45, 2.75) is 32.6 Å². The van der Waals surface area contributed by atoms with Gasteiger partial charge in [-0.3, -0.25) is 0 Å². The van der Waals surface area contributed by atoms with Crippen LogP contribution in [0, 0.1) is 23.0 Å². The number of nitriles is 1. The number of unbranched alkanes of at least 4 members (excludes halogenated alkanes) is 3. The number of rotatable bonds is 8. The normalized spacial score (nSPS) is 10.8. The Bertz CT molecular complexity index is 744. The summed E-state index contributed by atoms with van der Waals surface area (Å²) in [5, 5.41) is 16.5. The molecule has 0 heterocycles. The highest BCUT2D eigenvalue weighted by Gasteiger charge is 2.12. The zero-order valence-electron chi connectivity index (χ0n) is 14.0. The first kappa shape index (κ1) is 18.5. The van der Waals surface area contributed by atoms with Crippen molar-refractivity contribution in [3.8, 4) is 11.8 Å². The van der Waals surface area contributed by atoms with E-state index < -0.39 is 11.6 Å². The maximum atomic E-state index is 14.0. The van der Waals surface area contributed by atoms with E-state index in [-0.39, 0.29) is 18.0 Å². The fourth-order valence-corrected chi connectivity index (χ4v) is 2.16. The monoisotopic (exact) mass is 343 g/mol. The minimum absolute atomic E-state index is 0.0534. The Kier molecular flexibility index (Phi) is 7.02. The third-order valence-electron chi connectivity index (χ3n) is 3.50. The molecule has 0 aromatic heterocycles. The quantitative estimate of drug-likeness (QED) is 0.422. The van der Waals surface area contributed by atoms with Crippen LogP contribution in [0.15, 0.2) is 46.6 Å². The maximum Gasteiger partial charge on any atom is 0.190 e. The van der Waals surface area contributed by atoms with Gasteiger partial charge in [-0.1, -0.05) is 26.2 Å². The van der Waals surface area contributed by atoms with Crippen LogP contribution in [-0.2, 0) is 0 Å². The summed E-state index contributed by atoms with van der Waals surface area (Å²) in [7, 11) is 0. The molecule has 0 atom stereocenters. The third kappa shape index (κ3) is 5.64. The second kappa shape index (κ2) is 9.48. The number of halogens is 2. The summed E-state index contributed by atoms with van der Waals surface area (Å²) in [6, 6.07) is 10.5. The fraction of sp³-hybridized carbons (Fsp3) is 0.316. The van der Waals surface area contributed by atoms with Crippen molar-refractivity contribution >= 4 is 11.4 Å². The SMILES string of the molecule is CCCCCCOc1c(F)cc(N=Nc2ccc(C#N)cc2)cc1F. The minimum atomic E-state index is -0.802. The Morgan fingerprint density at radius 3 is 2.20 bits per heavy atom. The average Bonchev–Trinajstić information content (AvgIpc) is 2.62. The summed E-state index contributed by atoms with van der Waals surface area (Å²) in [4.78, 5) is 0. The van der Waals surface area contributed by atoms with E-state index in [9.17, 15) is 8.78 Å². The molecule has 0 aliphatic heterocycles. The lowest BCUT2D eigenvalue weighted by Crippen LogP contribution is -2.01. The smallest absolute Gasteiger partial charge is 0.190 e. The first-order valence-electron chi connectivity index (χ1n) is 8.17. The lowest BCUT2D eigenvalue weighted by molar-refractivity contribution is 0.275. The Balaban J connectivity index is 2.02. The Morgan fingerprint density at radius 1 is 0.960 bits per heavy atom. The molecule has 4 nitrogen and oxygen atoms in total. The van der Waals surface area contributed by atoms with Gasteiger partial charge >= 0.3 is 0 Å². The van der Waals surface area contributed by atoms with Crippen LogP contribution >= 0.6 is 0 Å². The van der Waals surface area contributed by atoms with Crippen molar-refractivity contribution in [1.29, 1.82) is 5.26 Å². The predicted molar refractivity (Wildman–Crippen MR) is 91.3 cm³/mol. The largest absolute Gasteiger partial charge is 0.488 e. The van der Waals surface area contributed by atoms with Crippen LogP contribution in [0.5, 0.6) is 5.75 Å². The van der Waals surface area contributed by atoms with E-state index in [1.54, 1.807) is 24.3 Å². The zero-order valence-corrected chi connectivity index (χ0v) is 14.0. The predicted octanol–water partition coefficient (Wildman–Crippen LogP) is 6.21. The van der Waals surface area contributed by atoms with Crippen LogP contribution < -0.4 is 4.74 Å². The van der Waals surface area contributed by atoms with Crippen LogP contribution in [0.2, 0.25) is 0 Å². The molecule has 0 fully saturated rings. The van der Waals surface area contributed by atoms with Gasteiger partial charge in [-0.2, -0.15) is 15.5 Å². The summed E-state index contributed by atoms with van der Waals surface area (Å²) in [6.45, 7) is 2.37. The van der Waals surface area contributed by atoms with E-state index in [0.29, 0.717) is 11.3 Å². The topological polar surface area (TPSA) is 57.7 Å². The van der Waals surface area contributed by atoms with Gasteiger partial charge in [0.25, 0.3) is 0 Å². The van der Waals surface area contributed by atoms with Gasteiger partial charge in [0, 0.05) is 12.1 Å². The van der Waals surface area contributed by atoms with E-state index in [4.69, 9.17) is 10.00 Å².